The Kier molecular flexibility index (Phi) is 4.04. The zero-order chi connectivity index (χ0) is 13.8. The number of rotatable bonds is 3. The van der Waals surface area contributed by atoms with E-state index in [2.05, 4.69) is 0 Å². The first-order chi connectivity index (χ1) is 9.06. The van der Waals surface area contributed by atoms with Crippen LogP contribution in [0.15, 0.2) is 22.6 Å². The van der Waals surface area contributed by atoms with E-state index in [1.54, 1.807) is 11.0 Å². The van der Waals surface area contributed by atoms with Gasteiger partial charge in [0.1, 0.15) is 11.5 Å². The fourth-order valence-corrected chi connectivity index (χ4v) is 2.19. The fourth-order valence-electron chi connectivity index (χ4n) is 2.19. The number of aryl methyl sites for hydroxylation is 1. The van der Waals surface area contributed by atoms with E-state index in [0.717, 1.165) is 5.76 Å². The van der Waals surface area contributed by atoms with Crippen LogP contribution in [-0.2, 0) is 9.59 Å². The zero-order valence-electron chi connectivity index (χ0n) is 11.0. The molecule has 0 radical (unpaired) electrons. The van der Waals surface area contributed by atoms with Crippen molar-refractivity contribution >= 4 is 17.9 Å². The number of carbonyl (C=O) groups excluding carboxylic acids is 2. The van der Waals surface area contributed by atoms with Crippen molar-refractivity contribution in [3.05, 3.63) is 29.7 Å². The van der Waals surface area contributed by atoms with Crippen molar-refractivity contribution in [2.45, 2.75) is 19.8 Å². The molecule has 0 aliphatic carbocycles. The molecular weight excluding hydrogens is 244 g/mol. The summed E-state index contributed by atoms with van der Waals surface area (Å²) >= 11 is 0. The van der Waals surface area contributed by atoms with Crippen molar-refractivity contribution in [2.75, 3.05) is 13.1 Å². The minimum atomic E-state index is -0.270. The van der Waals surface area contributed by atoms with Gasteiger partial charge in [-0.25, -0.2) is 0 Å². The topological polar surface area (TPSA) is 76.5 Å². The molecule has 2 rings (SSSR count). The van der Waals surface area contributed by atoms with Crippen molar-refractivity contribution in [1.29, 1.82) is 0 Å². The molecule has 2 N–H and O–H groups in total. The molecule has 5 heteroatoms. The van der Waals surface area contributed by atoms with Crippen LogP contribution in [-0.4, -0.2) is 29.8 Å². The number of furan rings is 1. The summed E-state index contributed by atoms with van der Waals surface area (Å²) < 4.78 is 5.35. The van der Waals surface area contributed by atoms with E-state index in [4.69, 9.17) is 10.2 Å². The molecule has 0 saturated carbocycles. The van der Waals surface area contributed by atoms with Gasteiger partial charge in [0.2, 0.25) is 11.8 Å². The van der Waals surface area contributed by atoms with Gasteiger partial charge in [-0.1, -0.05) is 0 Å². The van der Waals surface area contributed by atoms with Gasteiger partial charge >= 0.3 is 0 Å². The molecule has 1 aromatic heterocycles. The standard InChI is InChI=1S/C14H18N2O3/c1-10-2-3-12(19-10)4-5-13(17)16-8-6-11(7-9-16)14(15)18/h2-5,11H,6-9H2,1H3,(H2,15,18)/b5-4+. The lowest BCUT2D eigenvalue weighted by molar-refractivity contribution is -0.130. The molecule has 19 heavy (non-hydrogen) atoms. The maximum Gasteiger partial charge on any atom is 0.246 e. The maximum absolute atomic E-state index is 11.9. The van der Waals surface area contributed by atoms with Gasteiger partial charge in [-0.05, 0) is 38.0 Å². The SMILES string of the molecule is Cc1ccc(/C=C/C(=O)N2CCC(C(N)=O)CC2)o1. The molecule has 102 valence electrons. The Morgan fingerprint density at radius 3 is 2.58 bits per heavy atom. The molecule has 0 bridgehead atoms. The Labute approximate surface area is 112 Å². The Morgan fingerprint density at radius 1 is 1.37 bits per heavy atom. The molecule has 0 aromatic carbocycles. The molecule has 1 aliphatic heterocycles. The summed E-state index contributed by atoms with van der Waals surface area (Å²) in [6.45, 7) is 3.01. The van der Waals surface area contributed by atoms with Crippen molar-refractivity contribution < 1.29 is 14.0 Å². The summed E-state index contributed by atoms with van der Waals surface area (Å²) in [5.41, 5.74) is 5.26. The largest absolute Gasteiger partial charge is 0.462 e. The Hall–Kier alpha value is -2.04. The molecule has 0 atom stereocenters. The Bertz CT molecular complexity index is 497. The molecule has 2 heterocycles. The van der Waals surface area contributed by atoms with Crippen molar-refractivity contribution in [3.8, 4) is 0 Å². The Morgan fingerprint density at radius 2 is 2.05 bits per heavy atom. The molecule has 0 spiro atoms. The van der Waals surface area contributed by atoms with Crippen LogP contribution in [0, 0.1) is 12.8 Å². The van der Waals surface area contributed by atoms with Gasteiger partial charge in [-0.15, -0.1) is 0 Å². The molecule has 2 amide bonds. The summed E-state index contributed by atoms with van der Waals surface area (Å²) in [7, 11) is 0. The van der Waals surface area contributed by atoms with Gasteiger partial charge < -0.3 is 15.1 Å². The summed E-state index contributed by atoms with van der Waals surface area (Å²) in [4.78, 5) is 24.7. The van der Waals surface area contributed by atoms with E-state index < -0.39 is 0 Å². The maximum atomic E-state index is 11.9. The van der Waals surface area contributed by atoms with E-state index in [1.165, 1.54) is 6.08 Å². The highest BCUT2D eigenvalue weighted by atomic mass is 16.3. The fraction of sp³-hybridized carbons (Fsp3) is 0.429. The van der Waals surface area contributed by atoms with Crippen molar-refractivity contribution in [1.82, 2.24) is 4.90 Å². The lowest BCUT2D eigenvalue weighted by Gasteiger charge is -2.29. The second-order valence-corrected chi connectivity index (χ2v) is 4.78. The lowest BCUT2D eigenvalue weighted by Crippen LogP contribution is -2.41. The number of likely N-dealkylation sites (tertiary alicyclic amines) is 1. The average Bonchev–Trinajstić information content (AvgIpc) is 2.82. The molecular formula is C14H18N2O3. The first kappa shape index (κ1) is 13.4. The van der Waals surface area contributed by atoms with Gasteiger partial charge in [0.15, 0.2) is 0 Å². The number of amides is 2. The molecule has 0 unspecified atom stereocenters. The number of nitrogens with two attached hydrogens (primary N) is 1. The van der Waals surface area contributed by atoms with Crippen LogP contribution in [0.3, 0.4) is 0 Å². The number of hydrogen-bond acceptors (Lipinski definition) is 3. The number of carbonyl (C=O) groups is 2. The van der Waals surface area contributed by atoms with Gasteiger partial charge in [0.25, 0.3) is 0 Å². The van der Waals surface area contributed by atoms with Crippen LogP contribution in [0.25, 0.3) is 6.08 Å². The number of primary amides is 1. The minimum absolute atomic E-state index is 0.0584. The highest BCUT2D eigenvalue weighted by Crippen LogP contribution is 2.17. The van der Waals surface area contributed by atoms with E-state index in [-0.39, 0.29) is 17.7 Å². The highest BCUT2D eigenvalue weighted by Gasteiger charge is 2.24. The molecule has 1 fully saturated rings. The second-order valence-electron chi connectivity index (χ2n) is 4.78. The van der Waals surface area contributed by atoms with Crippen LogP contribution in [0.4, 0.5) is 0 Å². The molecule has 1 aliphatic rings. The van der Waals surface area contributed by atoms with Crippen LogP contribution in [0.2, 0.25) is 0 Å². The first-order valence-corrected chi connectivity index (χ1v) is 6.39. The monoisotopic (exact) mass is 262 g/mol. The molecule has 5 nitrogen and oxygen atoms in total. The smallest absolute Gasteiger partial charge is 0.246 e. The molecule has 1 saturated heterocycles. The minimum Gasteiger partial charge on any atom is -0.462 e. The third kappa shape index (κ3) is 3.47. The van der Waals surface area contributed by atoms with E-state index >= 15 is 0 Å². The average molecular weight is 262 g/mol. The van der Waals surface area contributed by atoms with Crippen molar-refractivity contribution in [2.24, 2.45) is 11.7 Å². The third-order valence-electron chi connectivity index (χ3n) is 3.36. The van der Waals surface area contributed by atoms with Crippen LogP contribution in [0.5, 0.6) is 0 Å². The lowest BCUT2D eigenvalue weighted by atomic mass is 9.96. The molecule has 1 aromatic rings. The van der Waals surface area contributed by atoms with E-state index in [1.807, 2.05) is 19.1 Å². The highest BCUT2D eigenvalue weighted by molar-refractivity contribution is 5.91. The second kappa shape index (κ2) is 5.73. The van der Waals surface area contributed by atoms with Crippen LogP contribution < -0.4 is 5.73 Å². The van der Waals surface area contributed by atoms with Gasteiger partial charge in [-0.3, -0.25) is 9.59 Å². The first-order valence-electron chi connectivity index (χ1n) is 6.39. The van der Waals surface area contributed by atoms with Crippen LogP contribution >= 0.6 is 0 Å². The van der Waals surface area contributed by atoms with Gasteiger partial charge in [0, 0.05) is 25.1 Å². The van der Waals surface area contributed by atoms with Gasteiger partial charge in [0.05, 0.1) is 0 Å². The predicted molar refractivity (Wildman–Crippen MR) is 71.0 cm³/mol. The van der Waals surface area contributed by atoms with Crippen LogP contribution in [0.1, 0.15) is 24.4 Å². The summed E-state index contributed by atoms with van der Waals surface area (Å²) in [5.74, 6) is 1.05. The summed E-state index contributed by atoms with van der Waals surface area (Å²) in [6.07, 6.45) is 4.46. The predicted octanol–water partition coefficient (Wildman–Crippen LogP) is 1.33. The zero-order valence-corrected chi connectivity index (χ0v) is 11.0. The summed E-state index contributed by atoms with van der Waals surface area (Å²) in [5, 5.41) is 0. The third-order valence-corrected chi connectivity index (χ3v) is 3.36. The number of piperidine rings is 1. The van der Waals surface area contributed by atoms with Crippen molar-refractivity contribution in [3.63, 3.8) is 0 Å². The van der Waals surface area contributed by atoms with E-state index in [9.17, 15) is 9.59 Å². The van der Waals surface area contributed by atoms with E-state index in [0.29, 0.717) is 31.7 Å². The number of hydrogen-bond donors (Lipinski definition) is 1. The summed E-state index contributed by atoms with van der Waals surface area (Å²) in [6, 6.07) is 3.67. The number of nitrogens with zero attached hydrogens (tertiary/aromatic N) is 1. The van der Waals surface area contributed by atoms with Gasteiger partial charge in [-0.2, -0.15) is 0 Å². The quantitative estimate of drug-likeness (QED) is 0.835. The normalized spacial score (nSPS) is 17.0. The Balaban J connectivity index is 1.88.